The predicted molar refractivity (Wildman–Crippen MR) is 47.3 cm³/mol. The summed E-state index contributed by atoms with van der Waals surface area (Å²) in [5.74, 6) is 0. The molecule has 0 aromatic rings. The van der Waals surface area contributed by atoms with E-state index in [0.29, 0.717) is 0 Å². The molecule has 0 atom stereocenters. The van der Waals surface area contributed by atoms with Gasteiger partial charge in [-0.2, -0.15) is 6.08 Å². The molecule has 11 heavy (non-hydrogen) atoms. The van der Waals surface area contributed by atoms with Crippen molar-refractivity contribution in [2.24, 2.45) is 0 Å². The van der Waals surface area contributed by atoms with E-state index in [-0.39, 0.29) is 0 Å². The van der Waals surface area contributed by atoms with Crippen molar-refractivity contribution in [2.45, 2.75) is 25.7 Å². The molecule has 1 nitrogen and oxygen atoms in total. The largest absolute Gasteiger partial charge is 0.355 e. The Labute approximate surface area is 68.1 Å². The van der Waals surface area contributed by atoms with Crippen LogP contribution in [-0.4, -0.2) is 13.4 Å². The Balaban J connectivity index is 2.40. The first-order chi connectivity index (χ1) is 5.43. The first-order valence-corrected chi connectivity index (χ1v) is 4.07. The monoisotopic (exact) mass is 150 g/mol. The number of rotatable bonds is 2. The minimum atomic E-state index is 1.21. The van der Waals surface area contributed by atoms with Crippen molar-refractivity contribution in [3.05, 3.63) is 23.8 Å². The van der Waals surface area contributed by atoms with Crippen molar-refractivity contribution < 1.29 is 4.42 Å². The normalized spacial score (nSPS) is 19.5. The van der Waals surface area contributed by atoms with Crippen molar-refractivity contribution in [3.63, 3.8) is 0 Å². The van der Waals surface area contributed by atoms with E-state index in [0.717, 1.165) is 0 Å². The fraction of sp³-hybridized carbons (Fsp3) is 0.500. The molecule has 1 rings (SSSR count). The second-order valence-electron chi connectivity index (χ2n) is 2.68. The summed E-state index contributed by atoms with van der Waals surface area (Å²) in [5.41, 5.74) is 1.42. The fourth-order valence-corrected chi connectivity index (χ4v) is 1.22. The average molecular weight is 150 g/mol. The molecule has 0 aromatic carbocycles. The van der Waals surface area contributed by atoms with E-state index >= 15 is 0 Å². The Morgan fingerprint density at radius 2 is 2.45 bits per heavy atom. The highest BCUT2D eigenvalue weighted by Crippen LogP contribution is 2.17. The molecule has 0 amide bonds. The van der Waals surface area contributed by atoms with Crippen LogP contribution < -0.4 is 0 Å². The molecule has 0 spiro atoms. The molecule has 1 aliphatic carbocycles. The lowest BCUT2D eigenvalue weighted by molar-refractivity contribution is 0.186. The Bertz CT molecular complexity index is 187. The third kappa shape index (κ3) is 3.17. The summed E-state index contributed by atoms with van der Waals surface area (Å²) < 4.78 is 4.67. The van der Waals surface area contributed by atoms with Gasteiger partial charge in [-0.05, 0) is 19.3 Å². The lowest BCUT2D eigenvalue weighted by Gasteiger charge is -2.10. The summed E-state index contributed by atoms with van der Waals surface area (Å²) in [6, 6.07) is 0. The molecular formula is C10H14O. The lowest BCUT2D eigenvalue weighted by Crippen LogP contribution is -1.88. The van der Waals surface area contributed by atoms with Crippen LogP contribution in [0.3, 0.4) is 0 Å². The Hall–Kier alpha value is -0.850. The minimum absolute atomic E-state index is 1.21. The van der Waals surface area contributed by atoms with Crippen LogP contribution in [0.5, 0.6) is 0 Å². The number of allylic oxidation sites excluding steroid dienone is 4. The average Bonchev–Trinajstić information content (AvgIpc) is 2.07. The molecular weight excluding hydrogens is 136 g/mol. The highest BCUT2D eigenvalue weighted by molar-refractivity contribution is 5.67. The van der Waals surface area contributed by atoms with Gasteiger partial charge >= 0.3 is 0 Å². The van der Waals surface area contributed by atoms with Gasteiger partial charge in [0.25, 0.3) is 0 Å². The Morgan fingerprint density at radius 1 is 1.55 bits per heavy atom. The molecule has 0 N–H and O–H groups in total. The summed E-state index contributed by atoms with van der Waals surface area (Å²) >= 11 is 0. The van der Waals surface area contributed by atoms with Gasteiger partial charge in [0.15, 0.2) is 0 Å². The lowest BCUT2D eigenvalue weighted by atomic mass is 9.99. The smallest absolute Gasteiger partial charge is 0.229 e. The topological polar surface area (TPSA) is 11.3 Å². The number of hydrogen-bond donors (Lipinski definition) is 0. The van der Waals surface area contributed by atoms with Crippen LogP contribution in [0.25, 0.3) is 0 Å². The van der Waals surface area contributed by atoms with Crippen LogP contribution in [0, 0.1) is 0 Å². The summed E-state index contributed by atoms with van der Waals surface area (Å²) in [6.07, 6.45) is 14.0. The van der Waals surface area contributed by atoms with Gasteiger partial charge in [0.2, 0.25) is 13.4 Å². The van der Waals surface area contributed by atoms with Crippen LogP contribution in [-0.2, 0) is 4.42 Å². The van der Waals surface area contributed by atoms with E-state index in [1.807, 2.05) is 6.08 Å². The van der Waals surface area contributed by atoms with Crippen molar-refractivity contribution in [2.75, 3.05) is 7.11 Å². The molecule has 60 valence electrons. The molecule has 0 heterocycles. The molecule has 0 aromatic heterocycles. The fourth-order valence-electron chi connectivity index (χ4n) is 1.22. The van der Waals surface area contributed by atoms with Crippen LogP contribution in [0.15, 0.2) is 23.8 Å². The molecule has 1 aliphatic rings. The number of hydrogen-bond acceptors (Lipinski definition) is 0. The molecule has 0 unspecified atom stereocenters. The van der Waals surface area contributed by atoms with Crippen molar-refractivity contribution in [1.29, 1.82) is 0 Å². The van der Waals surface area contributed by atoms with Gasteiger partial charge in [-0.25, -0.2) is 0 Å². The van der Waals surface area contributed by atoms with E-state index in [1.54, 1.807) is 7.11 Å². The third-order valence-electron chi connectivity index (χ3n) is 1.81. The second kappa shape index (κ2) is 4.89. The molecule has 0 saturated carbocycles. The zero-order valence-corrected chi connectivity index (χ0v) is 6.97. The molecule has 0 saturated heterocycles. The van der Waals surface area contributed by atoms with Crippen LogP contribution in [0.1, 0.15) is 25.7 Å². The molecule has 1 heteroatoms. The van der Waals surface area contributed by atoms with Crippen LogP contribution in [0.2, 0.25) is 0 Å². The number of carbonyl (C=O) groups excluding carboxylic acids is 1. The maximum Gasteiger partial charge on any atom is 0.229 e. The van der Waals surface area contributed by atoms with Gasteiger partial charge < -0.3 is 4.42 Å². The molecule has 0 fully saturated rings. The van der Waals surface area contributed by atoms with Gasteiger partial charge in [-0.1, -0.05) is 12.5 Å². The van der Waals surface area contributed by atoms with E-state index in [4.69, 9.17) is 0 Å². The van der Waals surface area contributed by atoms with Crippen molar-refractivity contribution in [1.82, 2.24) is 0 Å². The maximum absolute atomic E-state index is 4.67. The highest BCUT2D eigenvalue weighted by atomic mass is 16.4. The SMILES string of the molecule is C[O+]=[C-]/C=C/C1=CCCCC1. The maximum atomic E-state index is 4.67. The quantitative estimate of drug-likeness (QED) is 0.325. The Kier molecular flexibility index (Phi) is 3.67. The molecule has 0 bridgehead atoms. The summed E-state index contributed by atoms with van der Waals surface area (Å²) in [4.78, 5) is 0. The molecule has 0 aliphatic heterocycles. The summed E-state index contributed by atoms with van der Waals surface area (Å²) in [5, 5.41) is 0. The minimum Gasteiger partial charge on any atom is -0.355 e. The summed E-state index contributed by atoms with van der Waals surface area (Å²) in [7, 11) is 1.61. The zero-order chi connectivity index (χ0) is 7.94. The van der Waals surface area contributed by atoms with Crippen LogP contribution >= 0.6 is 0 Å². The summed E-state index contributed by atoms with van der Waals surface area (Å²) in [6.45, 7) is 0. The second-order valence-corrected chi connectivity index (χ2v) is 2.68. The van der Waals surface area contributed by atoms with E-state index in [2.05, 4.69) is 22.9 Å². The van der Waals surface area contributed by atoms with E-state index in [9.17, 15) is 0 Å². The van der Waals surface area contributed by atoms with Gasteiger partial charge in [0.05, 0.1) is 0 Å². The van der Waals surface area contributed by atoms with Gasteiger partial charge in [-0.15, -0.1) is 11.6 Å². The molecule has 0 radical (unpaired) electrons. The Morgan fingerprint density at radius 3 is 3.09 bits per heavy atom. The van der Waals surface area contributed by atoms with E-state index < -0.39 is 0 Å². The van der Waals surface area contributed by atoms with Crippen LogP contribution in [0.4, 0.5) is 0 Å². The van der Waals surface area contributed by atoms with Gasteiger partial charge in [0.1, 0.15) is 0 Å². The first kappa shape index (κ1) is 8.25. The third-order valence-corrected chi connectivity index (χ3v) is 1.81. The standard InChI is InChI=1S/C10H14O/c1-11-9-5-8-10-6-3-2-4-7-10/h5-6,8H,2-4,7H2,1H3/b8-5+. The zero-order valence-electron chi connectivity index (χ0n) is 6.97. The predicted octanol–water partition coefficient (Wildman–Crippen LogP) is 2.32. The first-order valence-electron chi connectivity index (χ1n) is 4.07. The van der Waals surface area contributed by atoms with Crippen molar-refractivity contribution in [3.8, 4) is 0 Å². The van der Waals surface area contributed by atoms with Gasteiger partial charge in [0, 0.05) is 0 Å². The van der Waals surface area contributed by atoms with Gasteiger partial charge in [-0.3, -0.25) is 0 Å². The highest BCUT2D eigenvalue weighted by Gasteiger charge is 1.94. The van der Waals surface area contributed by atoms with Crippen molar-refractivity contribution >= 4 is 6.29 Å². The van der Waals surface area contributed by atoms with E-state index in [1.165, 1.54) is 31.3 Å².